The van der Waals surface area contributed by atoms with Gasteiger partial charge in [-0.1, -0.05) is 6.08 Å². The van der Waals surface area contributed by atoms with Crippen molar-refractivity contribution in [3.05, 3.63) is 12.3 Å². The van der Waals surface area contributed by atoms with E-state index in [0.29, 0.717) is 0 Å². The SMILES string of the molecule is C/C=C/O[C@]1(C(=O)O)C[C@@H](O[C@]2(C(=O)O)C[C@@H](O[C@]3(C(=O)O)C[C@@H](O)[C@@H](O)[C@@H]([C@H](O)CO)O3)[C@@H](O)[C@@H]([C@H](O)CO)O2)[C@@H](O)[C@@H]([C@H](O)CO)O1. The monoisotopic (exact) mass is 718 g/mol. The molecule has 3 saturated heterocycles. The summed E-state index contributed by atoms with van der Waals surface area (Å²) in [6.07, 6.45) is -26.4. The summed E-state index contributed by atoms with van der Waals surface area (Å²) in [4.78, 5) is 37.8. The molecular formula is C27H42O22. The second-order valence-corrected chi connectivity index (χ2v) is 11.7. The fourth-order valence-electron chi connectivity index (χ4n) is 5.73. The Morgan fingerprint density at radius 1 is 0.653 bits per heavy atom. The molecule has 282 valence electrons. The van der Waals surface area contributed by atoms with Gasteiger partial charge >= 0.3 is 23.7 Å². The van der Waals surface area contributed by atoms with Crippen LogP contribution >= 0.6 is 0 Å². The molecule has 0 unspecified atom stereocenters. The molecule has 3 heterocycles. The van der Waals surface area contributed by atoms with Crippen LogP contribution in [-0.4, -0.2) is 195 Å². The van der Waals surface area contributed by atoms with E-state index in [1.807, 2.05) is 0 Å². The molecule has 0 aromatic carbocycles. The molecule has 3 rings (SSSR count). The highest BCUT2D eigenvalue weighted by Gasteiger charge is 2.63. The molecular weight excluding hydrogens is 676 g/mol. The zero-order chi connectivity index (χ0) is 37.1. The quantitative estimate of drug-likeness (QED) is 0.0700. The number of hydrogen-bond donors (Lipinski definition) is 13. The molecule has 13 N–H and O–H groups in total. The number of aliphatic hydroxyl groups is 10. The van der Waals surface area contributed by atoms with Gasteiger partial charge in [-0.15, -0.1) is 0 Å². The third-order valence-corrected chi connectivity index (χ3v) is 8.32. The molecule has 0 spiro atoms. The van der Waals surface area contributed by atoms with Gasteiger partial charge in [-0.05, 0) is 6.92 Å². The number of carboxylic acids is 3. The third kappa shape index (κ3) is 8.14. The summed E-state index contributed by atoms with van der Waals surface area (Å²) < 4.78 is 32.5. The van der Waals surface area contributed by atoms with Crippen molar-refractivity contribution in [1.82, 2.24) is 0 Å². The molecule has 0 aromatic heterocycles. The minimum atomic E-state index is -3.23. The Morgan fingerprint density at radius 2 is 1.00 bits per heavy atom. The summed E-state index contributed by atoms with van der Waals surface area (Å²) in [7, 11) is 0. The standard InChI is InChI=1S/C27H42O22/c1-2-3-44-25(22(38)39)5-14(17(36)20(47-25)12(33)8-29)46-27(24(42)43)6-15(18(37)21(49-27)13(34)9-30)45-26(23(40)41)4-10(31)16(35)19(48-26)11(32)7-28/h2-3,10-21,28-37H,4-9H2,1H3,(H,38,39)(H,40,41)(H,42,43)/b3-2+/t10-,11-,12-,13-,14-,15-,16-,17-,18-,19-,20-,21-,25-,26-,27-/m1/s1. The van der Waals surface area contributed by atoms with Gasteiger partial charge in [-0.3, -0.25) is 0 Å². The summed E-state index contributed by atoms with van der Waals surface area (Å²) >= 11 is 0. The van der Waals surface area contributed by atoms with Gasteiger partial charge in [0, 0.05) is 12.8 Å². The van der Waals surface area contributed by atoms with Crippen LogP contribution in [0, 0.1) is 0 Å². The fraction of sp³-hybridized carbons (Fsp3) is 0.815. The molecule has 3 aliphatic heterocycles. The first-order chi connectivity index (χ1) is 22.9. The second kappa shape index (κ2) is 16.1. The summed E-state index contributed by atoms with van der Waals surface area (Å²) in [5.74, 6) is -15.1. The van der Waals surface area contributed by atoms with E-state index in [1.165, 1.54) is 13.0 Å². The number of carboxylic acid groups (broad SMARTS) is 3. The average Bonchev–Trinajstić information content (AvgIpc) is 3.06. The first-order valence-corrected chi connectivity index (χ1v) is 14.8. The van der Waals surface area contributed by atoms with Crippen molar-refractivity contribution >= 4 is 17.9 Å². The largest absolute Gasteiger partial charge is 0.477 e. The van der Waals surface area contributed by atoms with Crippen molar-refractivity contribution in [1.29, 1.82) is 0 Å². The van der Waals surface area contributed by atoms with Gasteiger partial charge in [-0.25, -0.2) is 14.4 Å². The molecule has 22 nitrogen and oxygen atoms in total. The van der Waals surface area contributed by atoms with Gasteiger partial charge in [0.15, 0.2) is 0 Å². The highest BCUT2D eigenvalue weighted by Crippen LogP contribution is 2.43. The maximum atomic E-state index is 12.9. The van der Waals surface area contributed by atoms with Gasteiger partial charge in [0.1, 0.15) is 54.9 Å². The Balaban J connectivity index is 2.12. The number of aliphatic carboxylic acids is 3. The van der Waals surface area contributed by atoms with E-state index in [0.717, 1.165) is 6.26 Å². The van der Waals surface area contributed by atoms with Crippen molar-refractivity contribution in [2.45, 2.75) is 117 Å². The molecule has 0 radical (unpaired) electrons. The lowest BCUT2D eigenvalue weighted by Gasteiger charge is -2.51. The maximum absolute atomic E-state index is 12.9. The lowest BCUT2D eigenvalue weighted by molar-refractivity contribution is -0.390. The van der Waals surface area contributed by atoms with Gasteiger partial charge in [0.25, 0.3) is 11.6 Å². The third-order valence-electron chi connectivity index (χ3n) is 8.32. The Morgan fingerprint density at radius 3 is 1.37 bits per heavy atom. The minimum absolute atomic E-state index is 0.852. The van der Waals surface area contributed by atoms with Crippen molar-refractivity contribution in [3.63, 3.8) is 0 Å². The van der Waals surface area contributed by atoms with Crippen molar-refractivity contribution < 1.29 is 109 Å². The number of ether oxygens (including phenoxy) is 6. The highest BCUT2D eigenvalue weighted by atomic mass is 16.8. The number of allylic oxidation sites excluding steroid dienone is 1. The Bertz CT molecular complexity index is 1190. The van der Waals surface area contributed by atoms with E-state index >= 15 is 0 Å². The van der Waals surface area contributed by atoms with Crippen LogP contribution in [0.5, 0.6) is 0 Å². The van der Waals surface area contributed by atoms with Crippen LogP contribution in [0.1, 0.15) is 26.2 Å². The normalized spacial score (nSPS) is 41.9. The van der Waals surface area contributed by atoms with E-state index in [-0.39, 0.29) is 0 Å². The predicted octanol–water partition coefficient (Wildman–Crippen LogP) is -6.48. The number of hydrogen-bond acceptors (Lipinski definition) is 19. The summed E-state index contributed by atoms with van der Waals surface area (Å²) in [6, 6.07) is 0. The second-order valence-electron chi connectivity index (χ2n) is 11.7. The first kappa shape index (κ1) is 40.8. The van der Waals surface area contributed by atoms with Gasteiger partial charge < -0.3 is 94.8 Å². The lowest BCUT2D eigenvalue weighted by atomic mass is 9.89. The first-order valence-electron chi connectivity index (χ1n) is 14.8. The molecule has 22 heteroatoms. The van der Waals surface area contributed by atoms with Gasteiger partial charge in [-0.2, -0.15) is 0 Å². The Hall–Kier alpha value is -2.65. The molecule has 49 heavy (non-hydrogen) atoms. The summed E-state index contributed by atoms with van der Waals surface area (Å²) in [6.45, 7) is -1.99. The lowest BCUT2D eigenvalue weighted by Crippen LogP contribution is -2.69. The van der Waals surface area contributed by atoms with Crippen LogP contribution in [0.4, 0.5) is 0 Å². The molecule has 0 saturated carbocycles. The zero-order valence-electron chi connectivity index (χ0n) is 25.8. The van der Waals surface area contributed by atoms with Crippen LogP contribution in [0.2, 0.25) is 0 Å². The van der Waals surface area contributed by atoms with E-state index in [1.54, 1.807) is 0 Å². The minimum Gasteiger partial charge on any atom is -0.477 e. The van der Waals surface area contributed by atoms with Gasteiger partial charge in [0.2, 0.25) is 0 Å². The van der Waals surface area contributed by atoms with Crippen LogP contribution in [0.3, 0.4) is 0 Å². The molecule has 0 amide bonds. The summed E-state index contributed by atoms with van der Waals surface area (Å²) in [5, 5.41) is 133. The van der Waals surface area contributed by atoms with Crippen molar-refractivity contribution in [2.24, 2.45) is 0 Å². The summed E-state index contributed by atoms with van der Waals surface area (Å²) in [5.41, 5.74) is 0. The van der Waals surface area contributed by atoms with E-state index in [9.17, 15) is 80.8 Å². The molecule has 0 bridgehead atoms. The fourth-order valence-corrected chi connectivity index (χ4v) is 5.73. The van der Waals surface area contributed by atoms with Crippen molar-refractivity contribution in [2.75, 3.05) is 19.8 Å². The topological polar surface area (TPSA) is 370 Å². The predicted molar refractivity (Wildman–Crippen MR) is 149 cm³/mol. The molecule has 15 atom stereocenters. The Labute approximate surface area is 276 Å². The van der Waals surface area contributed by atoms with Crippen LogP contribution in [0.15, 0.2) is 12.3 Å². The van der Waals surface area contributed by atoms with Crippen LogP contribution in [-0.2, 0) is 42.8 Å². The van der Waals surface area contributed by atoms with Gasteiger partial charge in [0.05, 0.1) is 50.8 Å². The smallest absolute Gasteiger partial charge is 0.377 e. The maximum Gasteiger partial charge on any atom is 0.377 e. The molecule has 0 aliphatic carbocycles. The van der Waals surface area contributed by atoms with E-state index in [4.69, 9.17) is 28.4 Å². The number of aliphatic hydroxyl groups excluding tert-OH is 10. The average molecular weight is 719 g/mol. The van der Waals surface area contributed by atoms with Crippen LogP contribution < -0.4 is 0 Å². The molecule has 3 aliphatic rings. The zero-order valence-corrected chi connectivity index (χ0v) is 25.8. The Kier molecular flexibility index (Phi) is 13.4. The highest BCUT2D eigenvalue weighted by molar-refractivity contribution is 5.77. The molecule has 3 fully saturated rings. The van der Waals surface area contributed by atoms with E-state index in [2.05, 4.69) is 0 Å². The van der Waals surface area contributed by atoms with Crippen LogP contribution in [0.25, 0.3) is 0 Å². The van der Waals surface area contributed by atoms with E-state index < -0.39 is 148 Å². The number of carbonyl (C=O) groups is 3. The number of rotatable bonds is 15. The molecule has 0 aromatic rings. The van der Waals surface area contributed by atoms with Crippen molar-refractivity contribution in [3.8, 4) is 0 Å².